The number of aliphatic imine (C=N–C) groups is 4. The fraction of sp³-hybridized carbons (Fsp3) is 0.800. The normalized spacial score (nSPS) is 21.6. The SMILES string of the molecule is CCCC(C)C(C)(C)C(C)(N=C=O)N=C=O.O=C=NC1CCC(N=C=O)CC1. The van der Waals surface area contributed by atoms with Gasteiger partial charge in [-0.2, -0.15) is 9.98 Å². The molecule has 0 spiro atoms. The summed E-state index contributed by atoms with van der Waals surface area (Å²) in [6, 6.07) is 0.196. The topological polar surface area (TPSA) is 118 Å². The van der Waals surface area contributed by atoms with Gasteiger partial charge in [0.15, 0.2) is 5.66 Å². The largest absolute Gasteiger partial charge is 0.237 e. The summed E-state index contributed by atoms with van der Waals surface area (Å²) < 4.78 is 0. The lowest BCUT2D eigenvalue weighted by molar-refractivity contribution is 0.107. The lowest BCUT2D eigenvalue weighted by Gasteiger charge is -2.40. The number of hydrogen-bond donors (Lipinski definition) is 0. The van der Waals surface area contributed by atoms with Crippen molar-refractivity contribution in [1.82, 2.24) is 0 Å². The maximum Gasteiger partial charge on any atom is 0.237 e. The molecule has 28 heavy (non-hydrogen) atoms. The summed E-state index contributed by atoms with van der Waals surface area (Å²) in [5.41, 5.74) is -1.47. The maximum absolute atomic E-state index is 10.4. The molecule has 1 aliphatic rings. The Bertz CT molecular complexity index is 628. The third-order valence-electron chi connectivity index (χ3n) is 5.84. The highest BCUT2D eigenvalue weighted by Gasteiger charge is 2.45. The molecule has 1 fully saturated rings. The molecule has 0 N–H and O–H groups in total. The van der Waals surface area contributed by atoms with E-state index in [-0.39, 0.29) is 18.0 Å². The minimum Gasteiger partial charge on any atom is -0.211 e. The van der Waals surface area contributed by atoms with Crippen molar-refractivity contribution in [3.8, 4) is 0 Å². The second-order valence-electron chi connectivity index (χ2n) is 7.74. The fourth-order valence-electron chi connectivity index (χ4n) is 3.22. The smallest absolute Gasteiger partial charge is 0.211 e. The van der Waals surface area contributed by atoms with Gasteiger partial charge in [-0.25, -0.2) is 29.2 Å². The Labute approximate surface area is 166 Å². The zero-order valence-electron chi connectivity index (χ0n) is 17.4. The predicted octanol–water partition coefficient (Wildman–Crippen LogP) is 3.81. The Morgan fingerprint density at radius 2 is 1.21 bits per heavy atom. The average Bonchev–Trinajstić information content (AvgIpc) is 2.65. The number of isocyanates is 4. The molecule has 0 amide bonds. The molecule has 8 heteroatoms. The molecule has 8 nitrogen and oxygen atoms in total. The monoisotopic (exact) mass is 390 g/mol. The van der Waals surface area contributed by atoms with Crippen LogP contribution < -0.4 is 0 Å². The highest BCUT2D eigenvalue weighted by molar-refractivity contribution is 5.39. The zero-order valence-corrected chi connectivity index (χ0v) is 17.4. The van der Waals surface area contributed by atoms with Gasteiger partial charge in [0, 0.05) is 5.41 Å². The summed E-state index contributed by atoms with van der Waals surface area (Å²) in [4.78, 5) is 55.3. The van der Waals surface area contributed by atoms with Crippen molar-refractivity contribution < 1.29 is 19.2 Å². The van der Waals surface area contributed by atoms with Gasteiger partial charge in [-0.05, 0) is 38.5 Å². The minimum atomic E-state index is -1.08. The van der Waals surface area contributed by atoms with Crippen molar-refractivity contribution in [2.45, 2.75) is 90.9 Å². The van der Waals surface area contributed by atoms with Gasteiger partial charge in [0.2, 0.25) is 24.3 Å². The van der Waals surface area contributed by atoms with Crippen LogP contribution in [0, 0.1) is 11.3 Å². The third kappa shape index (κ3) is 7.64. The van der Waals surface area contributed by atoms with E-state index in [0.717, 1.165) is 38.5 Å². The number of carbonyl (C=O) groups excluding carboxylic acids is 4. The zero-order chi connectivity index (χ0) is 21.6. The molecule has 1 saturated carbocycles. The Morgan fingerprint density at radius 1 is 0.821 bits per heavy atom. The molecule has 0 aromatic carbocycles. The van der Waals surface area contributed by atoms with E-state index in [1.54, 1.807) is 19.1 Å². The van der Waals surface area contributed by atoms with Gasteiger partial charge in [0.1, 0.15) is 0 Å². The number of nitrogens with zero attached hydrogens (tertiary/aromatic N) is 4. The molecule has 0 heterocycles. The number of rotatable bonds is 8. The molecule has 1 unspecified atom stereocenters. The van der Waals surface area contributed by atoms with E-state index in [0.29, 0.717) is 0 Å². The van der Waals surface area contributed by atoms with Crippen molar-refractivity contribution in [3.63, 3.8) is 0 Å². The maximum atomic E-state index is 10.4. The first-order valence-corrected chi connectivity index (χ1v) is 9.54. The van der Waals surface area contributed by atoms with Crippen LogP contribution in [-0.4, -0.2) is 42.1 Å². The molecule has 1 aliphatic carbocycles. The van der Waals surface area contributed by atoms with Gasteiger partial charge in [-0.3, -0.25) is 0 Å². The quantitative estimate of drug-likeness (QED) is 0.462. The minimum absolute atomic E-state index is 0.0978. The highest BCUT2D eigenvalue weighted by atomic mass is 16.1. The van der Waals surface area contributed by atoms with E-state index < -0.39 is 11.1 Å². The van der Waals surface area contributed by atoms with Gasteiger partial charge < -0.3 is 0 Å². The van der Waals surface area contributed by atoms with Crippen LogP contribution in [0.15, 0.2) is 20.0 Å². The second kappa shape index (κ2) is 12.8. The Morgan fingerprint density at radius 3 is 1.50 bits per heavy atom. The number of hydrogen-bond acceptors (Lipinski definition) is 8. The highest BCUT2D eigenvalue weighted by Crippen LogP contribution is 2.43. The van der Waals surface area contributed by atoms with Crippen LogP contribution >= 0.6 is 0 Å². The van der Waals surface area contributed by atoms with Crippen LogP contribution in [0.1, 0.15) is 73.1 Å². The van der Waals surface area contributed by atoms with E-state index in [1.165, 1.54) is 12.2 Å². The van der Waals surface area contributed by atoms with Crippen LogP contribution in [0.5, 0.6) is 0 Å². The molecule has 0 aliphatic heterocycles. The summed E-state index contributed by atoms with van der Waals surface area (Å²) in [5, 5.41) is 0. The van der Waals surface area contributed by atoms with E-state index in [2.05, 4.69) is 33.8 Å². The summed E-state index contributed by atoms with van der Waals surface area (Å²) >= 11 is 0. The van der Waals surface area contributed by atoms with Gasteiger partial charge in [-0.15, -0.1) is 0 Å². The predicted molar refractivity (Wildman–Crippen MR) is 105 cm³/mol. The van der Waals surface area contributed by atoms with Crippen LogP contribution in [0.25, 0.3) is 0 Å². The van der Waals surface area contributed by atoms with Gasteiger partial charge in [-0.1, -0.05) is 40.5 Å². The molecular formula is C20H30N4O4. The molecular weight excluding hydrogens is 360 g/mol. The van der Waals surface area contributed by atoms with Gasteiger partial charge in [0.25, 0.3) is 0 Å². The summed E-state index contributed by atoms with van der Waals surface area (Å²) in [6.45, 7) is 9.73. The lowest BCUT2D eigenvalue weighted by Crippen LogP contribution is -2.43. The summed E-state index contributed by atoms with van der Waals surface area (Å²) in [7, 11) is 0. The van der Waals surface area contributed by atoms with Gasteiger partial charge in [0.05, 0.1) is 12.1 Å². The summed E-state index contributed by atoms with van der Waals surface area (Å²) in [5.74, 6) is 0.289. The van der Waals surface area contributed by atoms with Crippen LogP contribution in [0.3, 0.4) is 0 Å². The van der Waals surface area contributed by atoms with Crippen LogP contribution in [0.2, 0.25) is 0 Å². The molecule has 1 rings (SSSR count). The second-order valence-corrected chi connectivity index (χ2v) is 7.74. The Kier molecular flexibility index (Phi) is 11.7. The average molecular weight is 390 g/mol. The lowest BCUT2D eigenvalue weighted by atomic mass is 9.69. The first-order chi connectivity index (χ1) is 13.2. The molecule has 0 aromatic heterocycles. The van der Waals surface area contributed by atoms with Crippen LogP contribution in [-0.2, 0) is 19.2 Å². The molecule has 0 bridgehead atoms. The first kappa shape index (κ1) is 25.5. The molecule has 154 valence electrons. The summed E-state index contributed by atoms with van der Waals surface area (Å²) in [6.07, 6.45) is 11.4. The van der Waals surface area contributed by atoms with Gasteiger partial charge >= 0.3 is 0 Å². The van der Waals surface area contributed by atoms with E-state index in [4.69, 9.17) is 0 Å². The Hall–Kier alpha value is -2.48. The van der Waals surface area contributed by atoms with Crippen molar-refractivity contribution >= 4 is 24.3 Å². The van der Waals surface area contributed by atoms with Crippen LogP contribution in [0.4, 0.5) is 0 Å². The van der Waals surface area contributed by atoms with Crippen molar-refractivity contribution in [1.29, 1.82) is 0 Å². The molecule has 0 aromatic rings. The van der Waals surface area contributed by atoms with E-state index >= 15 is 0 Å². The van der Waals surface area contributed by atoms with Crippen molar-refractivity contribution in [2.24, 2.45) is 31.3 Å². The third-order valence-corrected chi connectivity index (χ3v) is 5.84. The van der Waals surface area contributed by atoms with E-state index in [9.17, 15) is 19.2 Å². The standard InChI is InChI=1S/C12H20N2O2.C8H10N2O2/c1-6-7-10(2)11(3,4)12(5,13-8-15)14-9-16;11-5-9-7-1-2-8(4-3-7)10-6-12/h10H,6-7H2,1-5H3;7-8H,1-4H2. The Balaban J connectivity index is 0.000000540. The molecule has 0 radical (unpaired) electrons. The van der Waals surface area contributed by atoms with E-state index in [1.807, 2.05) is 13.8 Å². The molecule has 0 saturated heterocycles. The molecule has 1 atom stereocenters. The van der Waals surface area contributed by atoms with Crippen molar-refractivity contribution in [2.75, 3.05) is 0 Å². The van der Waals surface area contributed by atoms with Crippen molar-refractivity contribution in [3.05, 3.63) is 0 Å². The first-order valence-electron chi connectivity index (χ1n) is 9.54. The fourth-order valence-corrected chi connectivity index (χ4v) is 3.22.